The van der Waals surface area contributed by atoms with Crippen LogP contribution in [0.5, 0.6) is 0 Å². The Bertz CT molecular complexity index is 496. The van der Waals surface area contributed by atoms with Gasteiger partial charge in [0.2, 0.25) is 0 Å². The standard InChI is InChI=1S/C12H13F3N2O2S/c13-12(14,15)20-10-4-2-1-3-9(10)16-11(19)17-6-5-8(18)7-17/h1-4,8,18H,5-7H2,(H,16,19)/t8-/m1/s1. The topological polar surface area (TPSA) is 52.6 Å². The van der Waals surface area contributed by atoms with Crippen molar-refractivity contribution in [3.8, 4) is 0 Å². The normalized spacial score (nSPS) is 19.2. The van der Waals surface area contributed by atoms with Crippen molar-refractivity contribution in [1.29, 1.82) is 0 Å². The van der Waals surface area contributed by atoms with Gasteiger partial charge in [0.1, 0.15) is 0 Å². The molecular weight excluding hydrogens is 293 g/mol. The van der Waals surface area contributed by atoms with Crippen LogP contribution < -0.4 is 5.32 Å². The first-order chi connectivity index (χ1) is 9.35. The number of benzene rings is 1. The molecule has 1 heterocycles. The van der Waals surface area contributed by atoms with Gasteiger partial charge in [0.05, 0.1) is 11.8 Å². The molecule has 1 fully saturated rings. The van der Waals surface area contributed by atoms with E-state index in [1.165, 1.54) is 23.1 Å². The van der Waals surface area contributed by atoms with Crippen molar-refractivity contribution in [3.63, 3.8) is 0 Å². The van der Waals surface area contributed by atoms with Gasteiger partial charge in [-0.05, 0) is 30.3 Å². The number of β-amino-alcohol motifs (C(OH)–C–C–N with tert-alkyl or cyclic N) is 1. The molecule has 4 nitrogen and oxygen atoms in total. The maximum atomic E-state index is 12.4. The van der Waals surface area contributed by atoms with Crippen molar-refractivity contribution < 1.29 is 23.1 Å². The Kier molecular flexibility index (Phi) is 4.44. The van der Waals surface area contributed by atoms with Gasteiger partial charge in [0.25, 0.3) is 0 Å². The Balaban J connectivity index is 2.07. The summed E-state index contributed by atoms with van der Waals surface area (Å²) in [6.07, 6.45) is -0.0904. The Morgan fingerprint density at radius 2 is 2.10 bits per heavy atom. The zero-order valence-electron chi connectivity index (χ0n) is 10.4. The molecule has 20 heavy (non-hydrogen) atoms. The summed E-state index contributed by atoms with van der Waals surface area (Å²) < 4.78 is 37.3. The van der Waals surface area contributed by atoms with Gasteiger partial charge in [-0.1, -0.05) is 12.1 Å². The fourth-order valence-electron chi connectivity index (χ4n) is 1.90. The molecule has 1 atom stereocenters. The predicted octanol–water partition coefficient (Wildman–Crippen LogP) is 2.90. The molecule has 0 radical (unpaired) electrons. The van der Waals surface area contributed by atoms with Crippen molar-refractivity contribution in [2.75, 3.05) is 18.4 Å². The van der Waals surface area contributed by atoms with Crippen molar-refractivity contribution in [1.82, 2.24) is 4.90 Å². The van der Waals surface area contributed by atoms with Crippen LogP contribution in [-0.2, 0) is 0 Å². The molecule has 1 aromatic carbocycles. The number of aliphatic hydroxyl groups is 1. The van der Waals surface area contributed by atoms with Crippen LogP contribution in [0.25, 0.3) is 0 Å². The number of para-hydroxylation sites is 1. The second-order valence-corrected chi connectivity index (χ2v) is 5.47. The number of rotatable bonds is 2. The van der Waals surface area contributed by atoms with Crippen LogP contribution in [-0.4, -0.2) is 40.7 Å². The Labute approximate surface area is 118 Å². The molecular formula is C12H13F3N2O2S. The molecule has 110 valence electrons. The van der Waals surface area contributed by atoms with E-state index in [1.807, 2.05) is 0 Å². The van der Waals surface area contributed by atoms with Gasteiger partial charge in [-0.15, -0.1) is 0 Å². The van der Waals surface area contributed by atoms with E-state index in [0.29, 0.717) is 13.0 Å². The third-order valence-electron chi connectivity index (χ3n) is 2.80. The Morgan fingerprint density at radius 1 is 1.40 bits per heavy atom. The minimum atomic E-state index is -4.41. The second-order valence-electron chi connectivity index (χ2n) is 4.36. The van der Waals surface area contributed by atoms with Crippen LogP contribution in [0.4, 0.5) is 23.7 Å². The highest BCUT2D eigenvalue weighted by Crippen LogP contribution is 2.40. The SMILES string of the molecule is O=C(Nc1ccccc1SC(F)(F)F)N1CC[C@@H](O)C1. The number of hydrogen-bond donors (Lipinski definition) is 2. The van der Waals surface area contributed by atoms with E-state index in [2.05, 4.69) is 5.32 Å². The Morgan fingerprint density at radius 3 is 2.70 bits per heavy atom. The smallest absolute Gasteiger partial charge is 0.391 e. The molecule has 0 saturated carbocycles. The summed E-state index contributed by atoms with van der Waals surface area (Å²) >= 11 is -0.270. The van der Waals surface area contributed by atoms with E-state index in [9.17, 15) is 23.1 Å². The van der Waals surface area contributed by atoms with Gasteiger partial charge < -0.3 is 15.3 Å². The minimum Gasteiger partial charge on any atom is -0.391 e. The molecule has 8 heteroatoms. The quantitative estimate of drug-likeness (QED) is 0.826. The molecule has 2 amide bonds. The average molecular weight is 306 g/mol. The highest BCUT2D eigenvalue weighted by Gasteiger charge is 2.31. The zero-order valence-corrected chi connectivity index (χ0v) is 11.2. The summed E-state index contributed by atoms with van der Waals surface area (Å²) in [6, 6.07) is 5.24. The summed E-state index contributed by atoms with van der Waals surface area (Å²) in [5, 5.41) is 11.8. The molecule has 1 aromatic rings. The molecule has 0 aliphatic carbocycles. The number of amides is 2. The van der Waals surface area contributed by atoms with E-state index < -0.39 is 17.6 Å². The zero-order chi connectivity index (χ0) is 14.8. The predicted molar refractivity (Wildman–Crippen MR) is 69.6 cm³/mol. The Hall–Kier alpha value is -1.41. The first-order valence-electron chi connectivity index (χ1n) is 5.94. The number of hydrogen-bond acceptors (Lipinski definition) is 3. The monoisotopic (exact) mass is 306 g/mol. The van der Waals surface area contributed by atoms with Crippen LogP contribution in [0.1, 0.15) is 6.42 Å². The highest BCUT2D eigenvalue weighted by molar-refractivity contribution is 8.00. The summed E-state index contributed by atoms with van der Waals surface area (Å²) in [6.45, 7) is 0.585. The molecule has 2 rings (SSSR count). The minimum absolute atomic E-state index is 0.0619. The van der Waals surface area contributed by atoms with E-state index >= 15 is 0 Å². The lowest BCUT2D eigenvalue weighted by atomic mass is 10.3. The molecule has 1 saturated heterocycles. The lowest BCUT2D eigenvalue weighted by molar-refractivity contribution is -0.0328. The number of carbonyl (C=O) groups excluding carboxylic acids is 1. The molecule has 0 bridgehead atoms. The van der Waals surface area contributed by atoms with Crippen molar-refractivity contribution in [2.24, 2.45) is 0 Å². The number of nitrogens with one attached hydrogen (secondary N) is 1. The summed E-state index contributed by atoms with van der Waals surface area (Å²) in [5.41, 5.74) is -4.30. The van der Waals surface area contributed by atoms with Crippen LogP contribution in [0, 0.1) is 0 Å². The molecule has 1 aliphatic heterocycles. The largest absolute Gasteiger partial charge is 0.446 e. The van der Waals surface area contributed by atoms with Crippen LogP contribution in [0.15, 0.2) is 29.2 Å². The van der Waals surface area contributed by atoms with Crippen molar-refractivity contribution >= 4 is 23.5 Å². The molecule has 1 aliphatic rings. The van der Waals surface area contributed by atoms with Crippen LogP contribution >= 0.6 is 11.8 Å². The number of thioether (sulfide) groups is 1. The number of carbonyl (C=O) groups is 1. The maximum absolute atomic E-state index is 12.4. The van der Waals surface area contributed by atoms with Gasteiger partial charge >= 0.3 is 11.5 Å². The van der Waals surface area contributed by atoms with Gasteiger partial charge in [-0.25, -0.2) is 4.79 Å². The highest BCUT2D eigenvalue weighted by atomic mass is 32.2. The second kappa shape index (κ2) is 5.92. The van der Waals surface area contributed by atoms with Gasteiger partial charge in [-0.3, -0.25) is 0 Å². The lowest BCUT2D eigenvalue weighted by Gasteiger charge is -2.18. The first kappa shape index (κ1) is 15.0. The third kappa shape index (κ3) is 4.04. The summed E-state index contributed by atoms with van der Waals surface area (Å²) in [7, 11) is 0. The fraction of sp³-hybridized carbons (Fsp3) is 0.417. The molecule has 0 aromatic heterocycles. The number of halogens is 3. The van der Waals surface area contributed by atoms with E-state index in [4.69, 9.17) is 0 Å². The average Bonchev–Trinajstić information content (AvgIpc) is 2.77. The number of nitrogens with zero attached hydrogens (tertiary/aromatic N) is 1. The molecule has 0 unspecified atom stereocenters. The van der Waals surface area contributed by atoms with Crippen LogP contribution in [0.2, 0.25) is 0 Å². The lowest BCUT2D eigenvalue weighted by Crippen LogP contribution is -2.33. The van der Waals surface area contributed by atoms with Crippen LogP contribution in [0.3, 0.4) is 0 Å². The van der Waals surface area contributed by atoms with Crippen molar-refractivity contribution in [3.05, 3.63) is 24.3 Å². The number of alkyl halides is 3. The van der Waals surface area contributed by atoms with Crippen molar-refractivity contribution in [2.45, 2.75) is 22.9 Å². The summed E-state index contributed by atoms with van der Waals surface area (Å²) in [4.78, 5) is 13.2. The fourth-order valence-corrected chi connectivity index (χ4v) is 2.53. The number of anilines is 1. The van der Waals surface area contributed by atoms with Gasteiger partial charge in [-0.2, -0.15) is 13.2 Å². The summed E-state index contributed by atoms with van der Waals surface area (Å²) in [5.74, 6) is 0. The number of aliphatic hydroxyl groups excluding tert-OH is 1. The number of likely N-dealkylation sites (tertiary alicyclic amines) is 1. The van der Waals surface area contributed by atoms with Gasteiger partial charge in [0, 0.05) is 18.0 Å². The number of urea groups is 1. The van der Waals surface area contributed by atoms with Gasteiger partial charge in [0.15, 0.2) is 0 Å². The molecule has 0 spiro atoms. The maximum Gasteiger partial charge on any atom is 0.446 e. The third-order valence-corrected chi connectivity index (χ3v) is 3.61. The van der Waals surface area contributed by atoms with E-state index in [0.717, 1.165) is 0 Å². The molecule has 2 N–H and O–H groups in total. The first-order valence-corrected chi connectivity index (χ1v) is 6.75. The van der Waals surface area contributed by atoms with E-state index in [-0.39, 0.29) is 28.9 Å². The van der Waals surface area contributed by atoms with E-state index in [1.54, 1.807) is 6.07 Å².